The van der Waals surface area contributed by atoms with Gasteiger partial charge >= 0.3 is 6.09 Å². The van der Waals surface area contributed by atoms with E-state index in [-0.39, 0.29) is 38.3 Å². The molecule has 0 radical (unpaired) electrons. The van der Waals surface area contributed by atoms with E-state index in [4.69, 9.17) is 19.2 Å². The van der Waals surface area contributed by atoms with Gasteiger partial charge in [-0.2, -0.15) is 0 Å². The average Bonchev–Trinajstić information content (AvgIpc) is 4.10. The number of amides is 4. The van der Waals surface area contributed by atoms with Crippen molar-refractivity contribution in [3.05, 3.63) is 41.6 Å². The third-order valence-electron chi connectivity index (χ3n) is 13.1. The summed E-state index contributed by atoms with van der Waals surface area (Å²) in [6, 6.07) is 3.62. The SMILES string of the molecule is CCc1nc2ccc(OCCCOC)cc2c2c1O[C@]1(CC2)C[C@H]2C(=O)N[C@]3(C(=O)NS(=O)(=O)C4(C)CC4)C[C@H]3/C=C\CCCCC[C@H](N(CC(C)C)C(=O)O)C(=O)N2C1. The molecule has 4 heterocycles. The van der Waals surface area contributed by atoms with E-state index in [1.165, 1.54) is 9.80 Å². The van der Waals surface area contributed by atoms with Crippen LogP contribution in [-0.4, -0.2) is 114 Å². The summed E-state index contributed by atoms with van der Waals surface area (Å²) >= 11 is 0. The van der Waals surface area contributed by atoms with Crippen LogP contribution in [0.5, 0.6) is 11.5 Å². The van der Waals surface area contributed by atoms with Gasteiger partial charge in [0, 0.05) is 50.0 Å². The first-order valence-corrected chi connectivity index (χ1v) is 23.2. The molecule has 60 heavy (non-hydrogen) atoms. The Kier molecular flexibility index (Phi) is 12.5. The van der Waals surface area contributed by atoms with Crippen molar-refractivity contribution in [2.75, 3.05) is 33.4 Å². The first-order chi connectivity index (χ1) is 28.6. The number of carboxylic acid groups (broad SMARTS) is 1. The van der Waals surface area contributed by atoms with Gasteiger partial charge in [0.2, 0.25) is 21.8 Å². The van der Waals surface area contributed by atoms with Crippen molar-refractivity contribution in [3.63, 3.8) is 0 Å². The number of benzene rings is 1. The number of ether oxygens (including phenoxy) is 3. The number of sulfonamides is 1. The van der Waals surface area contributed by atoms with Crippen LogP contribution in [0, 0.1) is 11.8 Å². The number of carbonyl (C=O) groups is 4. The van der Waals surface area contributed by atoms with E-state index in [1.54, 1.807) is 14.0 Å². The summed E-state index contributed by atoms with van der Waals surface area (Å²) in [6.07, 6.45) is 9.11. The van der Waals surface area contributed by atoms with Crippen molar-refractivity contribution in [3.8, 4) is 11.5 Å². The van der Waals surface area contributed by atoms with E-state index in [2.05, 4.69) is 10.0 Å². The average molecular weight is 852 g/mol. The zero-order chi connectivity index (χ0) is 43.0. The van der Waals surface area contributed by atoms with Gasteiger partial charge < -0.3 is 29.5 Å². The quantitative estimate of drug-likeness (QED) is 0.186. The smallest absolute Gasteiger partial charge is 0.407 e. The Balaban J connectivity index is 1.25. The fraction of sp³-hybridized carbons (Fsp3) is 0.659. The molecule has 1 aromatic heterocycles. The summed E-state index contributed by atoms with van der Waals surface area (Å²) in [4.78, 5) is 64.5. The molecule has 328 valence electrons. The number of hydrogen-bond acceptors (Lipinski definition) is 10. The van der Waals surface area contributed by atoms with Gasteiger partial charge in [-0.05, 0) is 88.8 Å². The summed E-state index contributed by atoms with van der Waals surface area (Å²) in [6.45, 7) is 8.59. The summed E-state index contributed by atoms with van der Waals surface area (Å²) in [7, 11) is -2.36. The summed E-state index contributed by atoms with van der Waals surface area (Å²) in [5, 5.41) is 14.4. The molecule has 15 nitrogen and oxygen atoms in total. The molecule has 3 fully saturated rings. The fourth-order valence-electron chi connectivity index (χ4n) is 9.17. The minimum absolute atomic E-state index is 0.00804. The predicted molar refractivity (Wildman–Crippen MR) is 224 cm³/mol. The molecule has 1 spiro atoms. The summed E-state index contributed by atoms with van der Waals surface area (Å²) in [5.74, 6) is -1.12. The minimum Gasteiger partial charge on any atom is -0.493 e. The van der Waals surface area contributed by atoms with Crippen LogP contribution in [0.1, 0.15) is 110 Å². The Morgan fingerprint density at radius 1 is 1.13 bits per heavy atom. The number of pyridine rings is 1. The molecule has 0 unspecified atom stereocenters. The lowest BCUT2D eigenvalue weighted by molar-refractivity contribution is -0.143. The number of methoxy groups -OCH3 is 1. The molecule has 1 aromatic carbocycles. The number of hydrogen-bond donors (Lipinski definition) is 3. The number of nitrogens with zero attached hydrogens (tertiary/aromatic N) is 3. The first kappa shape index (κ1) is 43.6. The Labute approximate surface area is 353 Å². The highest BCUT2D eigenvalue weighted by molar-refractivity contribution is 7.91. The van der Waals surface area contributed by atoms with E-state index in [1.807, 2.05) is 51.1 Å². The molecule has 3 aliphatic heterocycles. The third kappa shape index (κ3) is 8.68. The van der Waals surface area contributed by atoms with E-state index >= 15 is 4.79 Å². The molecule has 1 saturated heterocycles. The van der Waals surface area contributed by atoms with Gasteiger partial charge in [-0.15, -0.1) is 0 Å². The van der Waals surface area contributed by atoms with Crippen LogP contribution in [0.25, 0.3) is 10.9 Å². The van der Waals surface area contributed by atoms with Crippen LogP contribution in [0.3, 0.4) is 0 Å². The molecule has 2 aliphatic carbocycles. The van der Waals surface area contributed by atoms with Crippen molar-refractivity contribution in [2.45, 2.75) is 139 Å². The van der Waals surface area contributed by atoms with E-state index in [9.17, 15) is 27.9 Å². The molecular formula is C44H61N5O10S. The highest BCUT2D eigenvalue weighted by Crippen LogP contribution is 2.49. The van der Waals surface area contributed by atoms with Gasteiger partial charge in [-0.1, -0.05) is 45.8 Å². The number of nitrogens with one attached hydrogen (secondary N) is 2. The van der Waals surface area contributed by atoms with E-state index in [0.717, 1.165) is 41.4 Å². The maximum Gasteiger partial charge on any atom is 0.407 e. The summed E-state index contributed by atoms with van der Waals surface area (Å²) in [5.41, 5.74) is -0.0684. The normalized spacial score (nSPS) is 28.0. The van der Waals surface area contributed by atoms with Gasteiger partial charge in [-0.3, -0.25) is 24.0 Å². The maximum atomic E-state index is 15.1. The Morgan fingerprint density at radius 3 is 2.62 bits per heavy atom. The largest absolute Gasteiger partial charge is 0.493 e. The van der Waals surface area contributed by atoms with Crippen LogP contribution in [0.2, 0.25) is 0 Å². The molecule has 16 heteroatoms. The molecule has 3 N–H and O–H groups in total. The van der Waals surface area contributed by atoms with Crippen molar-refractivity contribution >= 4 is 44.7 Å². The Hall–Kier alpha value is -4.44. The lowest BCUT2D eigenvalue weighted by Gasteiger charge is -2.37. The van der Waals surface area contributed by atoms with Crippen molar-refractivity contribution in [1.29, 1.82) is 0 Å². The second-order valence-corrected chi connectivity index (χ2v) is 20.3. The molecule has 4 amide bonds. The highest BCUT2D eigenvalue weighted by atomic mass is 32.2. The minimum atomic E-state index is -4.01. The van der Waals surface area contributed by atoms with Crippen molar-refractivity contribution in [2.24, 2.45) is 11.8 Å². The molecule has 0 bridgehead atoms. The van der Waals surface area contributed by atoms with Crippen LogP contribution in [0.4, 0.5) is 4.79 Å². The zero-order valence-electron chi connectivity index (χ0n) is 35.6. The number of fused-ring (bicyclic) bond motifs is 5. The van der Waals surface area contributed by atoms with Gasteiger partial charge in [0.15, 0.2) is 0 Å². The topological polar surface area (TPSA) is 194 Å². The maximum absolute atomic E-state index is 15.1. The number of carbonyl (C=O) groups excluding carboxylic acids is 3. The highest BCUT2D eigenvalue weighted by Gasteiger charge is 2.64. The molecule has 5 atom stereocenters. The number of aromatic nitrogens is 1. The Morgan fingerprint density at radius 2 is 1.92 bits per heavy atom. The Bertz CT molecular complexity index is 2140. The van der Waals surface area contributed by atoms with Gasteiger partial charge in [0.05, 0.1) is 29.1 Å². The summed E-state index contributed by atoms with van der Waals surface area (Å²) < 4.78 is 46.1. The molecule has 7 rings (SSSR count). The first-order valence-electron chi connectivity index (χ1n) is 21.7. The van der Waals surface area contributed by atoms with Gasteiger partial charge in [0.25, 0.3) is 5.91 Å². The molecule has 2 aromatic rings. The van der Waals surface area contributed by atoms with Crippen LogP contribution in [-0.2, 0) is 42.0 Å². The second kappa shape index (κ2) is 17.1. The monoisotopic (exact) mass is 851 g/mol. The van der Waals surface area contributed by atoms with E-state index in [0.29, 0.717) is 69.7 Å². The van der Waals surface area contributed by atoms with Crippen molar-refractivity contribution in [1.82, 2.24) is 24.8 Å². The lowest BCUT2D eigenvalue weighted by Crippen LogP contribution is -2.59. The van der Waals surface area contributed by atoms with Crippen LogP contribution in [0.15, 0.2) is 30.4 Å². The number of rotatable bonds is 12. The molecular weight excluding hydrogens is 791 g/mol. The van der Waals surface area contributed by atoms with E-state index < -0.39 is 67.7 Å². The molecule has 2 saturated carbocycles. The third-order valence-corrected chi connectivity index (χ3v) is 15.3. The number of aryl methyl sites for hydroxylation is 2. The fourth-order valence-corrected chi connectivity index (χ4v) is 10.5. The lowest BCUT2D eigenvalue weighted by atomic mass is 9.87. The molecule has 5 aliphatic rings. The number of allylic oxidation sites excluding steroid dienone is 1. The standard InChI is InChI=1S/C44H61N5O10S/c1-6-33-37-31(32-23-30(15-16-34(32)45-33)58-22-12-21-57-5)17-18-43(59-37)25-36-38(50)46-44(40(52)47-60(55,56)42(4)19-20-42)24-29(44)13-10-8-7-9-11-14-35(39(51)49(36)27-43)48(41(53)54)26-28(2)3/h10,13,15-16,23,28-29,35-36H,6-9,11-12,14,17-22,24-27H2,1-5H3,(H,46,50)(H,47,52)(H,53,54)/b13-10-/t29-,35+,36+,43-,44-/m1/s1. The van der Waals surface area contributed by atoms with Crippen LogP contribution < -0.4 is 19.5 Å². The zero-order valence-corrected chi connectivity index (χ0v) is 36.4. The van der Waals surface area contributed by atoms with Crippen LogP contribution >= 0.6 is 0 Å². The predicted octanol–water partition coefficient (Wildman–Crippen LogP) is 5.28. The van der Waals surface area contributed by atoms with Crippen molar-refractivity contribution < 1.29 is 46.9 Å². The second-order valence-electron chi connectivity index (χ2n) is 18.1. The van der Waals surface area contributed by atoms with Gasteiger partial charge in [0.1, 0.15) is 34.7 Å². The van der Waals surface area contributed by atoms with Gasteiger partial charge in [-0.25, -0.2) is 18.2 Å².